The minimum absolute atomic E-state index is 0.0340. The summed E-state index contributed by atoms with van der Waals surface area (Å²) in [5.74, 6) is 0.545. The van der Waals surface area contributed by atoms with Gasteiger partial charge in [0.2, 0.25) is 5.95 Å². The topological polar surface area (TPSA) is 90.5 Å². The van der Waals surface area contributed by atoms with Crippen molar-refractivity contribution in [2.24, 2.45) is 0 Å². The first-order valence-electron chi connectivity index (χ1n) is 7.13. The average Bonchev–Trinajstić information content (AvgIpc) is 2.55. The van der Waals surface area contributed by atoms with E-state index >= 15 is 0 Å². The summed E-state index contributed by atoms with van der Waals surface area (Å²) >= 11 is 0. The second-order valence-corrected chi connectivity index (χ2v) is 5.02. The maximum Gasteiger partial charge on any atom is 0.282 e. The van der Waals surface area contributed by atoms with Crippen molar-refractivity contribution in [2.45, 2.75) is 13.5 Å². The lowest BCUT2D eigenvalue weighted by molar-refractivity contribution is -0.384. The molecule has 8 heteroatoms. The highest BCUT2D eigenvalue weighted by Crippen LogP contribution is 2.22. The van der Waals surface area contributed by atoms with Gasteiger partial charge < -0.3 is 14.2 Å². The maximum atomic E-state index is 12.2. The summed E-state index contributed by atoms with van der Waals surface area (Å²) < 4.78 is 7.16. The number of ether oxygens (including phenoxy) is 1. The van der Waals surface area contributed by atoms with Crippen molar-refractivity contribution >= 4 is 22.5 Å². The fourth-order valence-electron chi connectivity index (χ4n) is 2.67. The average molecular weight is 304 g/mol. The second kappa shape index (κ2) is 5.72. The summed E-state index contributed by atoms with van der Waals surface area (Å²) in [5.41, 5.74) is 0.141. The van der Waals surface area contributed by atoms with E-state index in [9.17, 15) is 14.9 Å². The standard InChI is InChI=1S/C14H16N4O4/c1-2-17-12-9-10(18(20)21)3-4-11(12)13(19)15-14(17)16-5-7-22-8-6-16/h3-4,9H,2,5-8H2,1H3. The second-order valence-electron chi connectivity index (χ2n) is 5.02. The van der Waals surface area contributed by atoms with Gasteiger partial charge in [-0.05, 0) is 13.0 Å². The van der Waals surface area contributed by atoms with Gasteiger partial charge in [-0.1, -0.05) is 0 Å². The summed E-state index contributed by atoms with van der Waals surface area (Å²) in [4.78, 5) is 28.9. The summed E-state index contributed by atoms with van der Waals surface area (Å²) in [6, 6.07) is 4.24. The minimum Gasteiger partial charge on any atom is -0.378 e. The third kappa shape index (κ3) is 2.41. The van der Waals surface area contributed by atoms with Crippen LogP contribution < -0.4 is 10.5 Å². The molecule has 116 valence electrons. The molecule has 0 bridgehead atoms. The van der Waals surface area contributed by atoms with Gasteiger partial charge >= 0.3 is 0 Å². The van der Waals surface area contributed by atoms with Gasteiger partial charge in [0.1, 0.15) is 0 Å². The molecule has 1 aromatic heterocycles. The highest BCUT2D eigenvalue weighted by molar-refractivity contribution is 5.82. The molecule has 0 amide bonds. The van der Waals surface area contributed by atoms with Gasteiger partial charge in [0.15, 0.2) is 0 Å². The molecule has 1 fully saturated rings. The van der Waals surface area contributed by atoms with Crippen LogP contribution in [0.25, 0.3) is 10.9 Å². The zero-order valence-corrected chi connectivity index (χ0v) is 12.2. The fraction of sp³-hybridized carbons (Fsp3) is 0.429. The predicted molar refractivity (Wildman–Crippen MR) is 81.4 cm³/mol. The molecule has 2 heterocycles. The number of hydrogen-bond acceptors (Lipinski definition) is 6. The van der Waals surface area contributed by atoms with Crippen molar-refractivity contribution in [1.82, 2.24) is 9.55 Å². The van der Waals surface area contributed by atoms with Crippen LogP contribution in [0, 0.1) is 10.1 Å². The number of nitrogens with zero attached hydrogens (tertiary/aromatic N) is 4. The van der Waals surface area contributed by atoms with Crippen molar-refractivity contribution in [3.63, 3.8) is 0 Å². The lowest BCUT2D eigenvalue weighted by Gasteiger charge is -2.30. The Morgan fingerprint density at radius 2 is 2.09 bits per heavy atom. The first-order chi connectivity index (χ1) is 10.6. The maximum absolute atomic E-state index is 12.2. The lowest BCUT2D eigenvalue weighted by atomic mass is 10.2. The number of non-ortho nitro benzene ring substituents is 1. The van der Waals surface area contributed by atoms with Crippen molar-refractivity contribution in [1.29, 1.82) is 0 Å². The predicted octanol–water partition coefficient (Wildman–Crippen LogP) is 1.16. The Hall–Kier alpha value is -2.48. The monoisotopic (exact) mass is 304 g/mol. The van der Waals surface area contributed by atoms with E-state index in [-0.39, 0.29) is 11.2 Å². The van der Waals surface area contributed by atoms with Gasteiger partial charge in [-0.3, -0.25) is 14.9 Å². The smallest absolute Gasteiger partial charge is 0.282 e. The number of nitro benzene ring substituents is 1. The van der Waals surface area contributed by atoms with Gasteiger partial charge in [0, 0.05) is 31.8 Å². The van der Waals surface area contributed by atoms with Crippen molar-refractivity contribution < 1.29 is 9.66 Å². The van der Waals surface area contributed by atoms with Crippen molar-refractivity contribution in [2.75, 3.05) is 31.2 Å². The normalized spacial score (nSPS) is 15.2. The number of rotatable bonds is 3. The molecule has 0 radical (unpaired) electrons. The van der Waals surface area contributed by atoms with Crippen LogP contribution in [0.2, 0.25) is 0 Å². The first kappa shape index (κ1) is 14.5. The highest BCUT2D eigenvalue weighted by atomic mass is 16.6. The van der Waals surface area contributed by atoms with Crippen LogP contribution in [0.5, 0.6) is 0 Å². The molecule has 1 aromatic carbocycles. The number of hydrogen-bond donors (Lipinski definition) is 0. The Kier molecular flexibility index (Phi) is 3.76. The largest absolute Gasteiger partial charge is 0.378 e. The molecule has 3 rings (SSSR count). The lowest BCUT2D eigenvalue weighted by Crippen LogP contribution is -2.39. The van der Waals surface area contributed by atoms with Gasteiger partial charge in [-0.2, -0.15) is 4.98 Å². The van der Waals surface area contributed by atoms with Gasteiger partial charge in [0.05, 0.1) is 29.0 Å². The van der Waals surface area contributed by atoms with Gasteiger partial charge in [-0.25, -0.2) is 0 Å². The molecule has 0 atom stereocenters. The zero-order chi connectivity index (χ0) is 15.7. The Balaban J connectivity index is 2.24. The molecule has 0 N–H and O–H groups in total. The quantitative estimate of drug-likeness (QED) is 0.624. The van der Waals surface area contributed by atoms with Crippen LogP contribution in [0.3, 0.4) is 0 Å². The van der Waals surface area contributed by atoms with E-state index in [2.05, 4.69) is 4.98 Å². The van der Waals surface area contributed by atoms with E-state index in [1.165, 1.54) is 18.2 Å². The molecule has 1 aliphatic heterocycles. The molecular formula is C14H16N4O4. The molecule has 0 unspecified atom stereocenters. The van der Waals surface area contributed by atoms with Crippen LogP contribution in [0.15, 0.2) is 23.0 Å². The number of anilines is 1. The van der Waals surface area contributed by atoms with Crippen LogP contribution in [0.4, 0.5) is 11.6 Å². The Morgan fingerprint density at radius 3 is 2.73 bits per heavy atom. The number of nitro groups is 1. The fourth-order valence-corrected chi connectivity index (χ4v) is 2.67. The van der Waals surface area contributed by atoms with Crippen molar-refractivity contribution in [3.8, 4) is 0 Å². The third-order valence-corrected chi connectivity index (χ3v) is 3.77. The Labute approximate surface area is 126 Å². The van der Waals surface area contributed by atoms with Crippen LogP contribution in [-0.4, -0.2) is 40.8 Å². The molecule has 0 spiro atoms. The van der Waals surface area contributed by atoms with E-state index in [1.807, 2.05) is 16.4 Å². The minimum atomic E-state index is -0.460. The van der Waals surface area contributed by atoms with Crippen LogP contribution in [-0.2, 0) is 11.3 Å². The number of morpholine rings is 1. The van der Waals surface area contributed by atoms with E-state index < -0.39 is 4.92 Å². The number of aryl methyl sites for hydroxylation is 1. The number of fused-ring (bicyclic) bond motifs is 1. The summed E-state index contributed by atoms with van der Waals surface area (Å²) in [7, 11) is 0. The molecule has 0 saturated carbocycles. The van der Waals surface area contributed by atoms with E-state index in [0.717, 1.165) is 0 Å². The Bertz CT molecular complexity index is 780. The first-order valence-corrected chi connectivity index (χ1v) is 7.13. The van der Waals surface area contributed by atoms with Gasteiger partial charge in [0.25, 0.3) is 11.2 Å². The molecule has 22 heavy (non-hydrogen) atoms. The molecule has 8 nitrogen and oxygen atoms in total. The molecule has 0 aliphatic carbocycles. The number of benzene rings is 1. The van der Waals surface area contributed by atoms with E-state index in [0.29, 0.717) is 49.7 Å². The summed E-state index contributed by atoms with van der Waals surface area (Å²) in [6.07, 6.45) is 0. The molecule has 1 aliphatic rings. The van der Waals surface area contributed by atoms with E-state index in [1.54, 1.807) is 0 Å². The van der Waals surface area contributed by atoms with E-state index in [4.69, 9.17) is 4.74 Å². The molecule has 2 aromatic rings. The zero-order valence-electron chi connectivity index (χ0n) is 12.2. The van der Waals surface area contributed by atoms with Crippen LogP contribution in [0.1, 0.15) is 6.92 Å². The Morgan fingerprint density at radius 1 is 1.36 bits per heavy atom. The highest BCUT2D eigenvalue weighted by Gasteiger charge is 2.19. The van der Waals surface area contributed by atoms with Gasteiger partial charge in [-0.15, -0.1) is 0 Å². The SMILES string of the molecule is CCn1c(N2CCOCC2)nc(=O)c2ccc([N+](=O)[O-])cc21. The summed E-state index contributed by atoms with van der Waals surface area (Å²) in [5, 5.41) is 11.4. The van der Waals surface area contributed by atoms with Crippen molar-refractivity contribution in [3.05, 3.63) is 38.7 Å². The third-order valence-electron chi connectivity index (χ3n) is 3.77. The summed E-state index contributed by atoms with van der Waals surface area (Å²) in [6.45, 7) is 4.94. The van der Waals surface area contributed by atoms with Crippen LogP contribution >= 0.6 is 0 Å². The molecule has 1 saturated heterocycles. The number of aromatic nitrogens is 2. The molecular weight excluding hydrogens is 288 g/mol.